The lowest BCUT2D eigenvalue weighted by atomic mass is 9.85. The van der Waals surface area contributed by atoms with Crippen molar-refractivity contribution < 1.29 is 9.47 Å². The monoisotopic (exact) mass is 474 g/mol. The molecule has 8 nitrogen and oxygen atoms in total. The number of fused-ring (bicyclic) bond motifs is 3. The Morgan fingerprint density at radius 3 is 2.34 bits per heavy atom. The second-order valence-corrected chi connectivity index (χ2v) is 10.8. The number of piperidine rings is 1. The molecule has 2 aromatic heterocycles. The SMILES string of the molecule is Cc1nc(N2CC3CCC(C2)O3)cc(-n2ncc3cc(C)c(C4CCN(C5COC5)CC4)cc32)n1. The van der Waals surface area contributed by atoms with Crippen LogP contribution in [0.2, 0.25) is 0 Å². The average molecular weight is 475 g/mol. The summed E-state index contributed by atoms with van der Waals surface area (Å²) in [6.07, 6.45) is 7.32. The van der Waals surface area contributed by atoms with Crippen LogP contribution in [0.5, 0.6) is 0 Å². The summed E-state index contributed by atoms with van der Waals surface area (Å²) in [6, 6.07) is 7.41. The number of morpholine rings is 1. The van der Waals surface area contributed by atoms with Gasteiger partial charge in [-0.15, -0.1) is 0 Å². The third kappa shape index (κ3) is 3.92. The fourth-order valence-corrected chi connectivity index (χ4v) is 6.45. The molecule has 184 valence electrons. The number of anilines is 1. The molecular formula is C27H34N6O2. The van der Waals surface area contributed by atoms with Crippen molar-refractivity contribution in [2.75, 3.05) is 44.3 Å². The maximum atomic E-state index is 6.04. The van der Waals surface area contributed by atoms with Crippen LogP contribution >= 0.6 is 0 Å². The van der Waals surface area contributed by atoms with Gasteiger partial charge in [0, 0.05) is 24.5 Å². The first-order valence-electron chi connectivity index (χ1n) is 13.2. The Morgan fingerprint density at radius 2 is 1.63 bits per heavy atom. The summed E-state index contributed by atoms with van der Waals surface area (Å²) in [7, 11) is 0. The highest BCUT2D eigenvalue weighted by atomic mass is 16.5. The van der Waals surface area contributed by atoms with Crippen molar-refractivity contribution in [3.8, 4) is 5.82 Å². The van der Waals surface area contributed by atoms with Crippen LogP contribution in [-0.4, -0.2) is 82.3 Å². The lowest BCUT2D eigenvalue weighted by Gasteiger charge is -2.41. The summed E-state index contributed by atoms with van der Waals surface area (Å²) in [4.78, 5) is 14.6. The van der Waals surface area contributed by atoms with Gasteiger partial charge in [0.2, 0.25) is 0 Å². The molecule has 0 spiro atoms. The van der Waals surface area contributed by atoms with Crippen molar-refractivity contribution in [2.45, 2.75) is 63.7 Å². The van der Waals surface area contributed by atoms with E-state index in [1.807, 2.05) is 17.8 Å². The summed E-state index contributed by atoms with van der Waals surface area (Å²) >= 11 is 0. The van der Waals surface area contributed by atoms with Crippen molar-refractivity contribution >= 4 is 16.7 Å². The van der Waals surface area contributed by atoms with Crippen molar-refractivity contribution in [1.82, 2.24) is 24.6 Å². The van der Waals surface area contributed by atoms with Crippen LogP contribution in [0.25, 0.3) is 16.7 Å². The third-order valence-electron chi connectivity index (χ3n) is 8.46. The molecule has 4 saturated heterocycles. The van der Waals surface area contributed by atoms with Crippen LogP contribution in [0.1, 0.15) is 48.6 Å². The molecule has 7 rings (SSSR count). The molecule has 4 aliphatic heterocycles. The molecule has 0 radical (unpaired) electrons. The van der Waals surface area contributed by atoms with Gasteiger partial charge in [0.25, 0.3) is 0 Å². The van der Waals surface area contributed by atoms with Gasteiger partial charge in [-0.3, -0.25) is 4.90 Å². The van der Waals surface area contributed by atoms with Gasteiger partial charge in [0.05, 0.1) is 43.2 Å². The lowest BCUT2D eigenvalue weighted by molar-refractivity contribution is -0.0712. The van der Waals surface area contributed by atoms with Gasteiger partial charge >= 0.3 is 0 Å². The Labute approximate surface area is 206 Å². The number of ether oxygens (including phenoxy) is 2. The van der Waals surface area contributed by atoms with Gasteiger partial charge in [0.15, 0.2) is 5.82 Å². The molecular weight excluding hydrogens is 440 g/mol. The van der Waals surface area contributed by atoms with Crippen LogP contribution in [0.15, 0.2) is 24.4 Å². The van der Waals surface area contributed by atoms with Crippen molar-refractivity contribution in [3.63, 3.8) is 0 Å². The molecule has 0 N–H and O–H groups in total. The molecule has 6 heterocycles. The van der Waals surface area contributed by atoms with Crippen LogP contribution < -0.4 is 4.90 Å². The zero-order valence-electron chi connectivity index (χ0n) is 20.7. The fourth-order valence-electron chi connectivity index (χ4n) is 6.45. The highest BCUT2D eigenvalue weighted by molar-refractivity contribution is 5.82. The summed E-state index contributed by atoms with van der Waals surface area (Å²) in [6.45, 7) is 10.2. The summed E-state index contributed by atoms with van der Waals surface area (Å²) in [5, 5.41) is 5.94. The summed E-state index contributed by atoms with van der Waals surface area (Å²) < 4.78 is 13.5. The zero-order chi connectivity index (χ0) is 23.5. The maximum Gasteiger partial charge on any atom is 0.159 e. The van der Waals surface area contributed by atoms with E-state index in [4.69, 9.17) is 24.5 Å². The van der Waals surface area contributed by atoms with Crippen LogP contribution in [-0.2, 0) is 9.47 Å². The predicted octanol–water partition coefficient (Wildman–Crippen LogP) is 3.38. The largest absolute Gasteiger partial charge is 0.378 e. The van der Waals surface area contributed by atoms with Crippen LogP contribution in [0.4, 0.5) is 5.82 Å². The van der Waals surface area contributed by atoms with E-state index in [1.54, 1.807) is 0 Å². The molecule has 4 fully saturated rings. The second-order valence-electron chi connectivity index (χ2n) is 10.8. The molecule has 2 unspecified atom stereocenters. The average Bonchev–Trinajstić information content (AvgIpc) is 3.39. The molecule has 3 aromatic rings. The number of aryl methyl sites for hydroxylation is 2. The number of hydrogen-bond acceptors (Lipinski definition) is 7. The van der Waals surface area contributed by atoms with Gasteiger partial charge in [0.1, 0.15) is 11.6 Å². The number of aromatic nitrogens is 4. The molecule has 0 aliphatic carbocycles. The minimum Gasteiger partial charge on any atom is -0.378 e. The van der Waals surface area contributed by atoms with E-state index in [2.05, 4.69) is 34.9 Å². The Bertz CT molecular complexity index is 1230. The summed E-state index contributed by atoms with van der Waals surface area (Å²) in [5.74, 6) is 3.19. The van der Waals surface area contributed by atoms with Crippen molar-refractivity contribution in [1.29, 1.82) is 0 Å². The van der Waals surface area contributed by atoms with Crippen LogP contribution in [0.3, 0.4) is 0 Å². The first kappa shape index (κ1) is 21.7. The Morgan fingerprint density at radius 1 is 0.886 bits per heavy atom. The summed E-state index contributed by atoms with van der Waals surface area (Å²) in [5.41, 5.74) is 3.96. The Balaban J connectivity index is 1.19. The molecule has 0 saturated carbocycles. The quantitative estimate of drug-likeness (QED) is 0.574. The van der Waals surface area contributed by atoms with E-state index in [1.165, 1.54) is 24.0 Å². The highest BCUT2D eigenvalue weighted by Gasteiger charge is 2.35. The second kappa shape index (κ2) is 8.54. The third-order valence-corrected chi connectivity index (χ3v) is 8.46. The topological polar surface area (TPSA) is 68.5 Å². The smallest absolute Gasteiger partial charge is 0.159 e. The number of hydrogen-bond donors (Lipinski definition) is 0. The molecule has 8 heteroatoms. The first-order chi connectivity index (χ1) is 17.1. The van der Waals surface area contributed by atoms with E-state index < -0.39 is 0 Å². The minimum absolute atomic E-state index is 0.326. The maximum absolute atomic E-state index is 6.04. The van der Waals surface area contributed by atoms with Gasteiger partial charge < -0.3 is 14.4 Å². The van der Waals surface area contributed by atoms with Gasteiger partial charge in [-0.25, -0.2) is 14.6 Å². The Kier molecular flexibility index (Phi) is 5.29. The molecule has 2 atom stereocenters. The molecule has 35 heavy (non-hydrogen) atoms. The predicted molar refractivity (Wildman–Crippen MR) is 134 cm³/mol. The van der Waals surface area contributed by atoms with Crippen LogP contribution in [0, 0.1) is 13.8 Å². The molecule has 1 aromatic carbocycles. The molecule has 4 aliphatic rings. The van der Waals surface area contributed by atoms with E-state index in [0.717, 1.165) is 80.6 Å². The van der Waals surface area contributed by atoms with Gasteiger partial charge in [-0.2, -0.15) is 5.10 Å². The van der Waals surface area contributed by atoms with E-state index in [9.17, 15) is 0 Å². The van der Waals surface area contributed by atoms with Crippen molar-refractivity contribution in [3.05, 3.63) is 41.3 Å². The minimum atomic E-state index is 0.326. The van der Waals surface area contributed by atoms with Crippen molar-refractivity contribution in [2.24, 2.45) is 0 Å². The number of rotatable bonds is 4. The van der Waals surface area contributed by atoms with Gasteiger partial charge in [-0.1, -0.05) is 0 Å². The first-order valence-corrected chi connectivity index (χ1v) is 13.2. The number of benzene rings is 1. The molecule has 0 amide bonds. The van der Waals surface area contributed by atoms with E-state index in [-0.39, 0.29) is 0 Å². The fraction of sp³-hybridized carbons (Fsp3) is 0.593. The van der Waals surface area contributed by atoms with E-state index >= 15 is 0 Å². The van der Waals surface area contributed by atoms with E-state index in [0.29, 0.717) is 24.2 Å². The zero-order valence-corrected chi connectivity index (χ0v) is 20.7. The normalized spacial score (nSPS) is 25.9. The molecule has 2 bridgehead atoms. The highest BCUT2D eigenvalue weighted by Crippen LogP contribution is 2.35. The standard InChI is InChI=1S/C27H34N6O2/c1-17-9-20-12-28-33(25(20)10-24(17)19-5-7-31(8-6-19)21-15-34-16-21)27-11-26(29-18(2)30-27)32-13-22-3-4-23(14-32)35-22/h9-12,19,21-23H,3-8,13-16H2,1-2H3. The van der Waals surface area contributed by atoms with Gasteiger partial charge in [-0.05, 0) is 81.8 Å². The Hall–Kier alpha value is -2.55. The number of likely N-dealkylation sites (tertiary alicyclic amines) is 1. The lowest BCUT2D eigenvalue weighted by Crippen LogP contribution is -2.51. The number of nitrogens with zero attached hydrogens (tertiary/aromatic N) is 6.